The second kappa shape index (κ2) is 9.97. The van der Waals surface area contributed by atoms with Crippen LogP contribution in [0.15, 0.2) is 65.7 Å². The number of nitrogen functional groups attached to an aromatic ring is 1. The summed E-state index contributed by atoms with van der Waals surface area (Å²) in [5.74, 6) is 3.26. The normalized spacial score (nSPS) is 10.4. The van der Waals surface area contributed by atoms with Gasteiger partial charge >= 0.3 is 0 Å². The first-order valence-corrected chi connectivity index (χ1v) is 10.9. The first kappa shape index (κ1) is 24.0. The Kier molecular flexibility index (Phi) is 6.82. The molecule has 8 heteroatoms. The van der Waals surface area contributed by atoms with Gasteiger partial charge in [-0.2, -0.15) is 0 Å². The van der Waals surface area contributed by atoms with Crippen molar-refractivity contribution in [2.75, 3.05) is 11.2 Å². The second-order valence-corrected chi connectivity index (χ2v) is 8.25. The van der Waals surface area contributed by atoms with Crippen LogP contribution in [-0.4, -0.2) is 16.4 Å². The van der Waals surface area contributed by atoms with E-state index in [1.807, 2.05) is 42.7 Å². The number of aryl methyl sites for hydroxylation is 1. The Bertz CT molecular complexity index is 1510. The molecule has 174 valence electrons. The third-order valence-electron chi connectivity index (χ3n) is 5.44. The zero-order valence-electron chi connectivity index (χ0n) is 18.5. The van der Waals surface area contributed by atoms with Gasteiger partial charge in [-0.05, 0) is 47.9 Å². The van der Waals surface area contributed by atoms with E-state index in [0.717, 1.165) is 29.0 Å². The van der Waals surface area contributed by atoms with Crippen LogP contribution in [0, 0.1) is 35.8 Å². The molecule has 1 aromatic heterocycles. The van der Waals surface area contributed by atoms with Crippen molar-refractivity contribution < 1.29 is 14.0 Å². The fourth-order valence-corrected chi connectivity index (χ4v) is 3.80. The van der Waals surface area contributed by atoms with Crippen molar-refractivity contribution >= 4 is 30.3 Å². The van der Waals surface area contributed by atoms with Gasteiger partial charge < -0.3 is 11.1 Å². The summed E-state index contributed by atoms with van der Waals surface area (Å²) in [6.07, 6.45) is 2.35. The summed E-state index contributed by atoms with van der Waals surface area (Å²) in [6.45, 7) is 1.98. The van der Waals surface area contributed by atoms with E-state index in [2.05, 4.69) is 29.5 Å². The Morgan fingerprint density at radius 3 is 2.43 bits per heavy atom. The minimum atomic E-state index is -1.06. The lowest BCUT2D eigenvalue weighted by molar-refractivity contribution is 0.384. The van der Waals surface area contributed by atoms with Gasteiger partial charge in [0.1, 0.15) is 17.3 Å². The molecule has 0 aliphatic heterocycles. The van der Waals surface area contributed by atoms with E-state index in [4.69, 9.17) is 11.1 Å². The predicted octanol–water partition coefficient (Wildman–Crippen LogP) is 6.07. The van der Waals surface area contributed by atoms with Crippen LogP contribution >= 0.6 is 12.6 Å². The molecule has 4 rings (SSSR count). The molecule has 0 fully saturated rings. The summed E-state index contributed by atoms with van der Waals surface area (Å²) < 4.78 is 30.4. The molecule has 0 saturated carbocycles. The fourth-order valence-electron chi connectivity index (χ4n) is 3.54. The number of pyridine rings is 1. The number of nitrogens with two attached hydrogens (primary N) is 1. The van der Waals surface area contributed by atoms with Crippen LogP contribution in [-0.2, 0) is 0 Å². The summed E-state index contributed by atoms with van der Waals surface area (Å²) in [5, 5.41) is 17.1. The lowest BCUT2D eigenvalue weighted by Crippen LogP contribution is -2.03. The molecule has 0 saturated heterocycles. The van der Waals surface area contributed by atoms with E-state index in [-0.39, 0.29) is 17.1 Å². The molecule has 35 heavy (non-hydrogen) atoms. The third kappa shape index (κ3) is 4.87. The van der Waals surface area contributed by atoms with Crippen LogP contribution < -0.4 is 11.2 Å². The minimum Gasteiger partial charge on any atom is -0.383 e. The number of hydrogen-bond acceptors (Lipinski definition) is 6. The molecule has 3 aromatic carbocycles. The second-order valence-electron chi connectivity index (χ2n) is 7.77. The molecular weight excluding hydrogens is 466 g/mol. The van der Waals surface area contributed by atoms with Gasteiger partial charge in [0, 0.05) is 34.0 Å². The smallest absolute Gasteiger partial charge is 0.167 e. The zero-order valence-corrected chi connectivity index (χ0v) is 19.4. The number of nitrogens with zero attached hydrogens (tertiary/aromatic N) is 1. The van der Waals surface area contributed by atoms with Crippen molar-refractivity contribution in [3.8, 4) is 34.1 Å². The topological polar surface area (TPSA) is 95.0 Å². The van der Waals surface area contributed by atoms with Crippen LogP contribution in [0.4, 0.5) is 20.3 Å². The van der Waals surface area contributed by atoms with Crippen molar-refractivity contribution in [3.63, 3.8) is 0 Å². The standard InChI is InChI=1S/C27H20F2N4OS/c1-15-2-5-17(6-3-15)18-7-9-24(35)21(11-18)22-12-23(28)20(25(29)26(22)33-34)8-4-16-10-19(13-30)27(31)32-14-16/h2-3,5-7,9-14,30,33-35H,1H3,(H2,31,32). The number of rotatable bonds is 4. The van der Waals surface area contributed by atoms with E-state index in [0.29, 0.717) is 21.6 Å². The Hall–Kier alpha value is -4.19. The number of aromatic nitrogens is 1. The monoisotopic (exact) mass is 486 g/mol. The molecule has 0 radical (unpaired) electrons. The number of halogens is 2. The number of thiol groups is 1. The lowest BCUT2D eigenvalue weighted by Gasteiger charge is -2.15. The first-order valence-electron chi connectivity index (χ1n) is 10.4. The molecule has 0 atom stereocenters. The van der Waals surface area contributed by atoms with Gasteiger partial charge in [0.25, 0.3) is 0 Å². The molecule has 0 aliphatic rings. The molecule has 0 bridgehead atoms. The first-order chi connectivity index (χ1) is 16.8. The van der Waals surface area contributed by atoms with Crippen molar-refractivity contribution in [1.82, 2.24) is 4.98 Å². The van der Waals surface area contributed by atoms with Gasteiger partial charge in [-0.1, -0.05) is 47.7 Å². The average Bonchev–Trinajstić information content (AvgIpc) is 2.85. The van der Waals surface area contributed by atoms with Crippen molar-refractivity contribution in [2.45, 2.75) is 11.8 Å². The highest BCUT2D eigenvalue weighted by Crippen LogP contribution is 2.38. The number of benzene rings is 3. The Morgan fingerprint density at radius 2 is 1.74 bits per heavy atom. The zero-order chi connectivity index (χ0) is 25.1. The van der Waals surface area contributed by atoms with Crippen LogP contribution in [0.3, 0.4) is 0 Å². The number of anilines is 2. The lowest BCUT2D eigenvalue weighted by atomic mass is 9.96. The molecule has 1 heterocycles. The van der Waals surface area contributed by atoms with Crippen LogP contribution in [0.5, 0.6) is 0 Å². The SMILES string of the molecule is Cc1ccc(-c2ccc(S)c(-c3cc(F)c(C#Cc4cnc(N)c(C=N)c4)c(F)c3NO)c2)cc1. The molecule has 5 nitrogen and oxygen atoms in total. The molecule has 0 aliphatic carbocycles. The maximum Gasteiger partial charge on any atom is 0.167 e. The van der Waals surface area contributed by atoms with Gasteiger partial charge in [-0.25, -0.2) is 13.8 Å². The average molecular weight is 487 g/mol. The van der Waals surface area contributed by atoms with E-state index in [1.165, 1.54) is 12.3 Å². The summed E-state index contributed by atoms with van der Waals surface area (Å²) in [6, 6.07) is 15.8. The minimum absolute atomic E-state index is 0.0901. The van der Waals surface area contributed by atoms with Crippen LogP contribution in [0.1, 0.15) is 22.3 Å². The van der Waals surface area contributed by atoms with Crippen molar-refractivity contribution in [3.05, 3.63) is 94.7 Å². The summed E-state index contributed by atoms with van der Waals surface area (Å²) in [4.78, 5) is 4.39. The van der Waals surface area contributed by atoms with E-state index < -0.39 is 17.2 Å². The van der Waals surface area contributed by atoms with Gasteiger partial charge in [0.2, 0.25) is 0 Å². The quantitative estimate of drug-likeness (QED) is 0.105. The molecule has 0 unspecified atom stereocenters. The van der Waals surface area contributed by atoms with Gasteiger partial charge in [-0.15, -0.1) is 12.6 Å². The predicted molar refractivity (Wildman–Crippen MR) is 137 cm³/mol. The van der Waals surface area contributed by atoms with Crippen molar-refractivity contribution in [1.29, 1.82) is 5.41 Å². The Morgan fingerprint density at radius 1 is 1.03 bits per heavy atom. The summed E-state index contributed by atoms with van der Waals surface area (Å²) >= 11 is 4.46. The summed E-state index contributed by atoms with van der Waals surface area (Å²) in [5.41, 5.74) is 10.7. The van der Waals surface area contributed by atoms with Gasteiger partial charge in [0.05, 0.1) is 5.56 Å². The highest BCUT2D eigenvalue weighted by Gasteiger charge is 2.20. The molecule has 4 aromatic rings. The van der Waals surface area contributed by atoms with E-state index in [9.17, 15) is 5.21 Å². The third-order valence-corrected chi connectivity index (χ3v) is 5.83. The number of nitrogens with one attached hydrogen (secondary N) is 2. The molecule has 0 spiro atoms. The van der Waals surface area contributed by atoms with E-state index >= 15 is 8.78 Å². The maximum absolute atomic E-state index is 15.3. The van der Waals surface area contributed by atoms with Crippen molar-refractivity contribution in [2.24, 2.45) is 0 Å². The van der Waals surface area contributed by atoms with Crippen LogP contribution in [0.2, 0.25) is 0 Å². The largest absolute Gasteiger partial charge is 0.383 e. The fraction of sp³-hybridized carbons (Fsp3) is 0.0370. The molecule has 0 amide bonds. The highest BCUT2D eigenvalue weighted by atomic mass is 32.1. The van der Waals surface area contributed by atoms with E-state index in [1.54, 1.807) is 12.1 Å². The number of hydrogen-bond donors (Lipinski definition) is 5. The molecule has 5 N–H and O–H groups in total. The van der Waals surface area contributed by atoms with Gasteiger partial charge in [0.15, 0.2) is 5.82 Å². The molecular formula is C27H20F2N4OS. The highest BCUT2D eigenvalue weighted by molar-refractivity contribution is 7.80. The summed E-state index contributed by atoms with van der Waals surface area (Å²) in [7, 11) is 0. The van der Waals surface area contributed by atoms with Gasteiger partial charge in [-0.3, -0.25) is 10.7 Å². The maximum atomic E-state index is 15.3. The van der Waals surface area contributed by atoms with Crippen LogP contribution in [0.25, 0.3) is 22.3 Å². The Labute approximate surface area is 206 Å². The Balaban J connectivity index is 1.81.